The average molecular weight is 261 g/mol. The molecule has 2 heterocycles. The van der Waals surface area contributed by atoms with E-state index in [2.05, 4.69) is 36.2 Å². The summed E-state index contributed by atoms with van der Waals surface area (Å²) in [6.45, 7) is 6.13. The number of piperazine rings is 1. The Morgan fingerprint density at radius 3 is 2.83 bits per heavy atom. The average Bonchev–Trinajstić information content (AvgIpc) is 2.80. The van der Waals surface area contributed by atoms with E-state index < -0.39 is 0 Å². The largest absolute Gasteiger partial charge is 0.353 e. The first-order chi connectivity index (χ1) is 8.65. The molecular weight excluding hydrogens is 246 g/mol. The lowest BCUT2D eigenvalue weighted by molar-refractivity contribution is -0.120. The first-order valence-corrected chi connectivity index (χ1v) is 6.85. The van der Waals surface area contributed by atoms with Crippen molar-refractivity contribution in [2.45, 2.75) is 13.8 Å². The number of aryl methyl sites for hydroxylation is 2. The first-order valence-electron chi connectivity index (χ1n) is 6.03. The minimum absolute atomic E-state index is 0.0777. The van der Waals surface area contributed by atoms with E-state index in [0.717, 1.165) is 17.2 Å². The SMILES string of the molecule is Cc1ccc(C)c2sc(N3CCNC(=O)C3)nc12. The third-order valence-electron chi connectivity index (χ3n) is 3.24. The third kappa shape index (κ3) is 1.84. The van der Waals surface area contributed by atoms with Gasteiger partial charge in [-0.05, 0) is 25.0 Å². The van der Waals surface area contributed by atoms with Crippen LogP contribution in [0.5, 0.6) is 0 Å². The minimum Gasteiger partial charge on any atom is -0.353 e. The summed E-state index contributed by atoms with van der Waals surface area (Å²) in [6.07, 6.45) is 0. The Labute approximate surface area is 110 Å². The molecule has 1 N–H and O–H groups in total. The van der Waals surface area contributed by atoms with Gasteiger partial charge in [0, 0.05) is 13.1 Å². The van der Waals surface area contributed by atoms with E-state index in [4.69, 9.17) is 4.98 Å². The number of nitrogens with zero attached hydrogens (tertiary/aromatic N) is 2. The lowest BCUT2D eigenvalue weighted by Crippen LogP contribution is -2.47. The summed E-state index contributed by atoms with van der Waals surface area (Å²) in [5.41, 5.74) is 3.52. The first kappa shape index (κ1) is 11.5. The van der Waals surface area contributed by atoms with Crippen molar-refractivity contribution < 1.29 is 4.79 Å². The van der Waals surface area contributed by atoms with E-state index in [-0.39, 0.29) is 5.91 Å². The van der Waals surface area contributed by atoms with Gasteiger partial charge in [0.25, 0.3) is 0 Å². The van der Waals surface area contributed by atoms with E-state index in [9.17, 15) is 4.79 Å². The molecule has 1 saturated heterocycles. The number of nitrogens with one attached hydrogen (secondary N) is 1. The molecule has 1 fully saturated rings. The summed E-state index contributed by atoms with van der Waals surface area (Å²) < 4.78 is 1.23. The maximum Gasteiger partial charge on any atom is 0.239 e. The van der Waals surface area contributed by atoms with Crippen LogP contribution in [0.3, 0.4) is 0 Å². The van der Waals surface area contributed by atoms with Crippen LogP contribution in [0.15, 0.2) is 12.1 Å². The number of anilines is 1. The second-order valence-electron chi connectivity index (χ2n) is 4.65. The topological polar surface area (TPSA) is 45.2 Å². The highest BCUT2D eigenvalue weighted by Gasteiger charge is 2.20. The number of aromatic nitrogens is 1. The summed E-state index contributed by atoms with van der Waals surface area (Å²) in [4.78, 5) is 18.2. The number of carbonyl (C=O) groups is 1. The van der Waals surface area contributed by atoms with E-state index in [0.29, 0.717) is 13.1 Å². The van der Waals surface area contributed by atoms with Crippen LogP contribution in [0.4, 0.5) is 5.13 Å². The van der Waals surface area contributed by atoms with E-state index >= 15 is 0 Å². The van der Waals surface area contributed by atoms with Gasteiger partial charge >= 0.3 is 0 Å². The van der Waals surface area contributed by atoms with Crippen molar-refractivity contribution >= 4 is 32.6 Å². The minimum atomic E-state index is 0.0777. The van der Waals surface area contributed by atoms with Gasteiger partial charge in [0.15, 0.2) is 5.13 Å². The molecule has 1 amide bonds. The van der Waals surface area contributed by atoms with E-state index in [1.54, 1.807) is 11.3 Å². The Bertz CT molecular complexity index is 581. The van der Waals surface area contributed by atoms with Gasteiger partial charge in [0.1, 0.15) is 0 Å². The second kappa shape index (κ2) is 4.24. The van der Waals surface area contributed by atoms with Crippen LogP contribution >= 0.6 is 11.3 Å². The van der Waals surface area contributed by atoms with Gasteiger partial charge in [-0.15, -0.1) is 0 Å². The highest BCUT2D eigenvalue weighted by Crippen LogP contribution is 2.33. The van der Waals surface area contributed by atoms with Crippen LogP contribution < -0.4 is 10.2 Å². The zero-order valence-electron chi connectivity index (χ0n) is 10.5. The molecule has 94 valence electrons. The number of benzene rings is 1. The molecule has 1 aliphatic heterocycles. The molecule has 2 aromatic rings. The molecule has 0 saturated carbocycles. The van der Waals surface area contributed by atoms with Crippen LogP contribution in [0.2, 0.25) is 0 Å². The maximum atomic E-state index is 11.4. The summed E-state index contributed by atoms with van der Waals surface area (Å²) in [6, 6.07) is 4.23. The van der Waals surface area contributed by atoms with Crippen LogP contribution in [0.1, 0.15) is 11.1 Å². The van der Waals surface area contributed by atoms with E-state index in [1.807, 2.05) is 0 Å². The normalized spacial score (nSPS) is 16.1. The fourth-order valence-corrected chi connectivity index (χ4v) is 3.32. The Kier molecular flexibility index (Phi) is 2.70. The molecule has 4 nitrogen and oxygen atoms in total. The molecule has 0 aliphatic carbocycles. The molecule has 1 aliphatic rings. The van der Waals surface area contributed by atoms with Gasteiger partial charge in [-0.1, -0.05) is 23.5 Å². The zero-order chi connectivity index (χ0) is 12.7. The predicted octanol–water partition coefficient (Wildman–Crippen LogP) is 1.85. The number of fused-ring (bicyclic) bond motifs is 1. The summed E-state index contributed by atoms with van der Waals surface area (Å²) in [5, 5.41) is 3.79. The van der Waals surface area contributed by atoms with Gasteiger partial charge < -0.3 is 10.2 Å². The molecule has 1 aromatic carbocycles. The van der Waals surface area contributed by atoms with Gasteiger partial charge in [-0.25, -0.2) is 4.98 Å². The van der Waals surface area contributed by atoms with Crippen molar-refractivity contribution in [3.05, 3.63) is 23.3 Å². The molecule has 0 radical (unpaired) electrons. The third-order valence-corrected chi connectivity index (χ3v) is 4.49. The fourth-order valence-electron chi connectivity index (χ4n) is 2.19. The van der Waals surface area contributed by atoms with Gasteiger partial charge in [-0.2, -0.15) is 0 Å². The lowest BCUT2D eigenvalue weighted by Gasteiger charge is -2.25. The summed E-state index contributed by atoms with van der Waals surface area (Å²) >= 11 is 1.68. The van der Waals surface area contributed by atoms with E-state index in [1.165, 1.54) is 15.8 Å². The van der Waals surface area contributed by atoms with Crippen LogP contribution in [0, 0.1) is 13.8 Å². The second-order valence-corrected chi connectivity index (χ2v) is 5.62. The number of thiazole rings is 1. The molecule has 18 heavy (non-hydrogen) atoms. The standard InChI is InChI=1S/C13H15N3OS/c1-8-3-4-9(2)12-11(8)15-13(18-12)16-6-5-14-10(17)7-16/h3-4H,5-7H2,1-2H3,(H,14,17). The smallest absolute Gasteiger partial charge is 0.239 e. The monoisotopic (exact) mass is 261 g/mol. The van der Waals surface area contributed by atoms with Crippen molar-refractivity contribution in [2.75, 3.05) is 24.5 Å². The number of hydrogen-bond donors (Lipinski definition) is 1. The molecule has 1 aromatic heterocycles. The molecule has 5 heteroatoms. The van der Waals surface area contributed by atoms with Crippen LogP contribution in [-0.2, 0) is 4.79 Å². The Morgan fingerprint density at radius 1 is 1.33 bits per heavy atom. The zero-order valence-corrected chi connectivity index (χ0v) is 11.3. The Hall–Kier alpha value is -1.62. The number of hydrogen-bond acceptors (Lipinski definition) is 4. The quantitative estimate of drug-likeness (QED) is 0.852. The van der Waals surface area contributed by atoms with Crippen LogP contribution in [-0.4, -0.2) is 30.5 Å². The molecular formula is C13H15N3OS. The van der Waals surface area contributed by atoms with Gasteiger partial charge in [0.05, 0.1) is 16.8 Å². The molecule has 0 atom stereocenters. The van der Waals surface area contributed by atoms with Gasteiger partial charge in [-0.3, -0.25) is 4.79 Å². The summed E-state index contributed by atoms with van der Waals surface area (Å²) in [5.74, 6) is 0.0777. The molecule has 0 bridgehead atoms. The number of carbonyl (C=O) groups excluding carboxylic acids is 1. The van der Waals surface area contributed by atoms with Crippen LogP contribution in [0.25, 0.3) is 10.2 Å². The molecule has 0 unspecified atom stereocenters. The number of amides is 1. The number of rotatable bonds is 1. The summed E-state index contributed by atoms with van der Waals surface area (Å²) in [7, 11) is 0. The van der Waals surface area contributed by atoms with Crippen molar-refractivity contribution in [3.63, 3.8) is 0 Å². The molecule has 0 spiro atoms. The Balaban J connectivity index is 2.05. The van der Waals surface area contributed by atoms with Gasteiger partial charge in [0.2, 0.25) is 5.91 Å². The highest BCUT2D eigenvalue weighted by molar-refractivity contribution is 7.22. The fraction of sp³-hybridized carbons (Fsp3) is 0.385. The lowest BCUT2D eigenvalue weighted by atomic mass is 10.1. The predicted molar refractivity (Wildman–Crippen MR) is 74.3 cm³/mol. The van der Waals surface area contributed by atoms with Crippen molar-refractivity contribution in [3.8, 4) is 0 Å². The van der Waals surface area contributed by atoms with Crippen molar-refractivity contribution in [1.82, 2.24) is 10.3 Å². The van der Waals surface area contributed by atoms with Crippen molar-refractivity contribution in [2.24, 2.45) is 0 Å². The Morgan fingerprint density at radius 2 is 2.11 bits per heavy atom. The van der Waals surface area contributed by atoms with Crippen molar-refractivity contribution in [1.29, 1.82) is 0 Å². The highest BCUT2D eigenvalue weighted by atomic mass is 32.1. The maximum absolute atomic E-state index is 11.4. The molecule has 3 rings (SSSR count).